The molecule has 0 aliphatic heterocycles. The van der Waals surface area contributed by atoms with Crippen LogP contribution in [0.5, 0.6) is 0 Å². The van der Waals surface area contributed by atoms with Crippen molar-refractivity contribution in [2.24, 2.45) is 5.73 Å². The molecule has 0 bridgehead atoms. The number of nitrogens with zero attached hydrogens (tertiary/aromatic N) is 2. The zero-order valence-corrected chi connectivity index (χ0v) is 11.4. The first kappa shape index (κ1) is 11.8. The summed E-state index contributed by atoms with van der Waals surface area (Å²) in [6.07, 6.45) is 4.69. The molecule has 2 aromatic heterocycles. The van der Waals surface area contributed by atoms with Crippen LogP contribution in [0.15, 0.2) is 34.4 Å². The van der Waals surface area contributed by atoms with Gasteiger partial charge in [-0.1, -0.05) is 6.92 Å². The van der Waals surface area contributed by atoms with Crippen molar-refractivity contribution < 1.29 is 0 Å². The number of thiophene rings is 1. The van der Waals surface area contributed by atoms with Crippen LogP contribution in [0.4, 0.5) is 0 Å². The molecule has 0 aliphatic carbocycles. The topological polar surface area (TPSA) is 43.8 Å². The van der Waals surface area contributed by atoms with Gasteiger partial charge in [-0.15, -0.1) is 11.3 Å². The normalized spacial score (nSPS) is 14.9. The van der Waals surface area contributed by atoms with E-state index in [-0.39, 0.29) is 12.1 Å². The van der Waals surface area contributed by atoms with Gasteiger partial charge in [-0.3, -0.25) is 4.68 Å². The molecule has 3 nitrogen and oxygen atoms in total. The molecule has 2 N–H and O–H groups in total. The molecule has 0 fully saturated rings. The van der Waals surface area contributed by atoms with Gasteiger partial charge in [-0.2, -0.15) is 5.10 Å². The fraction of sp³-hybridized carbons (Fsp3) is 0.364. The minimum absolute atomic E-state index is 0.0884. The molecule has 2 unspecified atom stereocenters. The maximum Gasteiger partial charge on any atom is 0.101 e. The molecule has 5 heteroatoms. The Morgan fingerprint density at radius 1 is 1.62 bits per heavy atom. The van der Waals surface area contributed by atoms with Crippen molar-refractivity contribution in [2.45, 2.75) is 25.4 Å². The lowest BCUT2D eigenvalue weighted by Crippen LogP contribution is -2.32. The highest BCUT2D eigenvalue weighted by molar-refractivity contribution is 9.10. The third kappa shape index (κ3) is 2.36. The summed E-state index contributed by atoms with van der Waals surface area (Å²) in [7, 11) is 0. The van der Waals surface area contributed by atoms with Crippen LogP contribution >= 0.6 is 27.3 Å². The zero-order chi connectivity index (χ0) is 11.5. The second-order valence-corrected chi connectivity index (χ2v) is 5.53. The number of nitrogens with two attached hydrogens (primary N) is 1. The molecule has 0 radical (unpaired) electrons. The predicted octanol–water partition coefficient (Wildman–Crippen LogP) is 3.03. The molecule has 0 saturated carbocycles. The SMILES string of the molecule is CCC(N)C(c1cc(Br)cs1)n1cccn1. The second kappa shape index (κ2) is 5.12. The molecule has 0 amide bonds. The molecule has 2 aromatic rings. The van der Waals surface area contributed by atoms with E-state index in [1.165, 1.54) is 4.88 Å². The molecule has 0 saturated heterocycles. The molecule has 2 heterocycles. The summed E-state index contributed by atoms with van der Waals surface area (Å²) < 4.78 is 3.04. The summed E-state index contributed by atoms with van der Waals surface area (Å²) in [6.45, 7) is 2.10. The molecule has 2 atom stereocenters. The number of aromatic nitrogens is 2. The summed E-state index contributed by atoms with van der Waals surface area (Å²) in [5, 5.41) is 6.38. The van der Waals surface area contributed by atoms with Crippen LogP contribution < -0.4 is 5.73 Å². The number of hydrogen-bond donors (Lipinski definition) is 1. The van der Waals surface area contributed by atoms with Crippen LogP contribution in [0.25, 0.3) is 0 Å². The number of rotatable bonds is 4. The molecule has 0 aromatic carbocycles. The maximum atomic E-state index is 6.18. The van der Waals surface area contributed by atoms with Gasteiger partial charge in [0.1, 0.15) is 6.04 Å². The summed E-state index contributed by atoms with van der Waals surface area (Å²) in [6, 6.07) is 4.27. The average molecular weight is 300 g/mol. The fourth-order valence-corrected chi connectivity index (χ4v) is 3.30. The Kier molecular flexibility index (Phi) is 3.78. The summed E-state index contributed by atoms with van der Waals surface area (Å²) in [5.41, 5.74) is 6.18. The quantitative estimate of drug-likeness (QED) is 0.943. The van der Waals surface area contributed by atoms with Crippen LogP contribution in [0.1, 0.15) is 24.3 Å². The van der Waals surface area contributed by atoms with E-state index in [1.54, 1.807) is 17.5 Å². The molecular weight excluding hydrogens is 286 g/mol. The van der Waals surface area contributed by atoms with Gasteiger partial charge in [-0.05, 0) is 34.5 Å². The minimum Gasteiger partial charge on any atom is -0.326 e. The Bertz CT molecular complexity index is 438. The van der Waals surface area contributed by atoms with E-state index in [2.05, 4.69) is 39.4 Å². The van der Waals surface area contributed by atoms with Crippen LogP contribution in [0, 0.1) is 0 Å². The standard InChI is InChI=1S/C11H14BrN3S/c1-2-9(13)11(15-5-3-4-14-15)10-6-8(12)7-16-10/h3-7,9,11H,2,13H2,1H3. The van der Waals surface area contributed by atoms with Gasteiger partial charge in [0.15, 0.2) is 0 Å². The maximum absolute atomic E-state index is 6.18. The summed E-state index contributed by atoms with van der Waals surface area (Å²) in [4.78, 5) is 1.24. The highest BCUT2D eigenvalue weighted by Gasteiger charge is 2.22. The third-order valence-electron chi connectivity index (χ3n) is 2.57. The Labute approximate surface area is 107 Å². The van der Waals surface area contributed by atoms with Crippen molar-refractivity contribution in [2.75, 3.05) is 0 Å². The van der Waals surface area contributed by atoms with Gasteiger partial charge in [0, 0.05) is 33.2 Å². The van der Waals surface area contributed by atoms with Crippen molar-refractivity contribution in [1.29, 1.82) is 0 Å². The first-order valence-corrected chi connectivity index (χ1v) is 6.88. The van der Waals surface area contributed by atoms with Gasteiger partial charge in [0.05, 0.1) is 0 Å². The van der Waals surface area contributed by atoms with Crippen molar-refractivity contribution in [3.63, 3.8) is 0 Å². The van der Waals surface area contributed by atoms with Crippen molar-refractivity contribution >= 4 is 27.3 Å². The van der Waals surface area contributed by atoms with Crippen LogP contribution in [0.3, 0.4) is 0 Å². The first-order valence-electron chi connectivity index (χ1n) is 5.21. The van der Waals surface area contributed by atoms with E-state index in [0.717, 1.165) is 10.9 Å². The van der Waals surface area contributed by atoms with Gasteiger partial charge >= 0.3 is 0 Å². The first-order chi connectivity index (χ1) is 7.72. The number of halogens is 1. The van der Waals surface area contributed by atoms with Crippen molar-refractivity contribution in [3.8, 4) is 0 Å². The minimum atomic E-state index is 0.0884. The van der Waals surface area contributed by atoms with E-state index in [9.17, 15) is 0 Å². The summed E-state index contributed by atoms with van der Waals surface area (Å²) >= 11 is 5.19. The monoisotopic (exact) mass is 299 g/mol. The van der Waals surface area contributed by atoms with Gasteiger partial charge in [0.2, 0.25) is 0 Å². The average Bonchev–Trinajstić information content (AvgIpc) is 2.91. The lowest BCUT2D eigenvalue weighted by Gasteiger charge is -2.22. The summed E-state index contributed by atoms with van der Waals surface area (Å²) in [5.74, 6) is 0. The van der Waals surface area contributed by atoms with E-state index < -0.39 is 0 Å². The molecule has 0 aliphatic rings. The highest BCUT2D eigenvalue weighted by atomic mass is 79.9. The van der Waals surface area contributed by atoms with Crippen LogP contribution in [-0.4, -0.2) is 15.8 Å². The third-order valence-corrected chi connectivity index (χ3v) is 4.33. The fourth-order valence-electron chi connectivity index (χ4n) is 1.69. The van der Waals surface area contributed by atoms with E-state index >= 15 is 0 Å². The van der Waals surface area contributed by atoms with Gasteiger partial charge in [-0.25, -0.2) is 0 Å². The zero-order valence-electron chi connectivity index (χ0n) is 9.01. The molecule has 0 spiro atoms. The van der Waals surface area contributed by atoms with Gasteiger partial charge < -0.3 is 5.73 Å². The Hall–Kier alpha value is -0.650. The predicted molar refractivity (Wildman–Crippen MR) is 70.7 cm³/mol. The van der Waals surface area contributed by atoms with E-state index in [1.807, 2.05) is 16.9 Å². The van der Waals surface area contributed by atoms with Crippen molar-refractivity contribution in [3.05, 3.63) is 39.3 Å². The Morgan fingerprint density at radius 2 is 2.44 bits per heavy atom. The molecular formula is C11H14BrN3S. The van der Waals surface area contributed by atoms with Gasteiger partial charge in [0.25, 0.3) is 0 Å². The second-order valence-electron chi connectivity index (χ2n) is 3.67. The molecule has 16 heavy (non-hydrogen) atoms. The lowest BCUT2D eigenvalue weighted by molar-refractivity contribution is 0.429. The van der Waals surface area contributed by atoms with Crippen molar-refractivity contribution in [1.82, 2.24) is 9.78 Å². The molecule has 86 valence electrons. The largest absolute Gasteiger partial charge is 0.326 e. The van der Waals surface area contributed by atoms with E-state index in [0.29, 0.717) is 0 Å². The highest BCUT2D eigenvalue weighted by Crippen LogP contribution is 2.30. The Balaban J connectivity index is 2.35. The molecule has 2 rings (SSSR count). The Morgan fingerprint density at radius 3 is 2.94 bits per heavy atom. The number of hydrogen-bond acceptors (Lipinski definition) is 3. The smallest absolute Gasteiger partial charge is 0.101 e. The van der Waals surface area contributed by atoms with Crippen LogP contribution in [-0.2, 0) is 0 Å². The van der Waals surface area contributed by atoms with Crippen LogP contribution in [0.2, 0.25) is 0 Å². The van der Waals surface area contributed by atoms with E-state index in [4.69, 9.17) is 5.73 Å². The lowest BCUT2D eigenvalue weighted by atomic mass is 10.1.